The van der Waals surface area contributed by atoms with Crippen molar-refractivity contribution in [3.05, 3.63) is 73.0 Å². The molecule has 4 aromatic rings. The molecule has 3 heterocycles. The minimum absolute atomic E-state index is 0.260. The fraction of sp³-hybridized carbons (Fsp3) is 0. The van der Waals surface area contributed by atoms with E-state index in [9.17, 15) is 4.79 Å². The quantitative estimate of drug-likeness (QED) is 0.569. The standard InChI is InChI=1S/C19H13N3O3/c23-18(6-4-15-2-1-11-24-15)21-14-3-5-16-17(12-14)25-19(22-16)13-7-9-20-10-8-13/h1-12H,(H,21,23)/b6-4+. The third kappa shape index (κ3) is 3.32. The molecule has 122 valence electrons. The topological polar surface area (TPSA) is 81.2 Å². The van der Waals surface area contributed by atoms with Crippen molar-refractivity contribution in [2.24, 2.45) is 0 Å². The van der Waals surface area contributed by atoms with Crippen LogP contribution in [0, 0.1) is 0 Å². The van der Waals surface area contributed by atoms with E-state index in [1.165, 1.54) is 6.08 Å². The molecule has 6 nitrogen and oxygen atoms in total. The molecule has 0 radical (unpaired) electrons. The summed E-state index contributed by atoms with van der Waals surface area (Å²) in [5.41, 5.74) is 2.78. The molecule has 1 aromatic carbocycles. The number of furan rings is 1. The highest BCUT2D eigenvalue weighted by Crippen LogP contribution is 2.25. The first-order valence-electron chi connectivity index (χ1n) is 7.61. The summed E-state index contributed by atoms with van der Waals surface area (Å²) >= 11 is 0. The molecule has 1 amide bonds. The molecular weight excluding hydrogens is 318 g/mol. The molecule has 0 saturated heterocycles. The van der Waals surface area contributed by atoms with Crippen molar-refractivity contribution in [1.29, 1.82) is 0 Å². The van der Waals surface area contributed by atoms with Gasteiger partial charge in [0.25, 0.3) is 0 Å². The fourth-order valence-electron chi connectivity index (χ4n) is 2.35. The van der Waals surface area contributed by atoms with Gasteiger partial charge >= 0.3 is 0 Å². The molecule has 0 spiro atoms. The monoisotopic (exact) mass is 331 g/mol. The Hall–Kier alpha value is -3.67. The predicted octanol–water partition coefficient (Wildman–Crippen LogP) is 4.13. The Morgan fingerprint density at radius 3 is 2.80 bits per heavy atom. The lowest BCUT2D eigenvalue weighted by atomic mass is 10.2. The van der Waals surface area contributed by atoms with Gasteiger partial charge in [0.15, 0.2) is 5.58 Å². The van der Waals surface area contributed by atoms with Gasteiger partial charge in [-0.2, -0.15) is 0 Å². The average Bonchev–Trinajstić information content (AvgIpc) is 3.30. The van der Waals surface area contributed by atoms with Crippen molar-refractivity contribution in [1.82, 2.24) is 9.97 Å². The van der Waals surface area contributed by atoms with E-state index in [0.29, 0.717) is 22.9 Å². The van der Waals surface area contributed by atoms with Gasteiger partial charge in [0.05, 0.1) is 6.26 Å². The summed E-state index contributed by atoms with van der Waals surface area (Å²) in [6, 6.07) is 12.5. The van der Waals surface area contributed by atoms with Crippen LogP contribution in [-0.2, 0) is 4.79 Å². The minimum atomic E-state index is -0.260. The second-order valence-corrected chi connectivity index (χ2v) is 5.28. The molecule has 0 atom stereocenters. The number of fused-ring (bicyclic) bond motifs is 1. The highest BCUT2D eigenvalue weighted by atomic mass is 16.3. The lowest BCUT2D eigenvalue weighted by molar-refractivity contribution is -0.111. The molecule has 4 rings (SSSR count). The van der Waals surface area contributed by atoms with Crippen LogP contribution in [0.4, 0.5) is 5.69 Å². The van der Waals surface area contributed by atoms with Crippen molar-refractivity contribution in [2.75, 3.05) is 5.32 Å². The number of pyridine rings is 1. The van der Waals surface area contributed by atoms with Gasteiger partial charge < -0.3 is 14.2 Å². The smallest absolute Gasteiger partial charge is 0.248 e. The first-order valence-corrected chi connectivity index (χ1v) is 7.61. The van der Waals surface area contributed by atoms with Crippen molar-refractivity contribution in [2.45, 2.75) is 0 Å². The number of aromatic nitrogens is 2. The summed E-state index contributed by atoms with van der Waals surface area (Å²) in [6.45, 7) is 0. The number of benzene rings is 1. The van der Waals surface area contributed by atoms with E-state index in [0.717, 1.165) is 11.1 Å². The first-order chi connectivity index (χ1) is 12.3. The van der Waals surface area contributed by atoms with Crippen LogP contribution in [0.5, 0.6) is 0 Å². The Bertz CT molecular complexity index is 1030. The largest absolute Gasteiger partial charge is 0.465 e. The van der Waals surface area contributed by atoms with Crippen molar-refractivity contribution < 1.29 is 13.6 Å². The van der Waals surface area contributed by atoms with Gasteiger partial charge in [-0.15, -0.1) is 0 Å². The lowest BCUT2D eigenvalue weighted by Gasteiger charge is -2.00. The number of rotatable bonds is 4. The Morgan fingerprint density at radius 2 is 2.00 bits per heavy atom. The number of carbonyl (C=O) groups is 1. The van der Waals surface area contributed by atoms with Crippen LogP contribution in [0.25, 0.3) is 28.6 Å². The zero-order chi connectivity index (χ0) is 17.1. The Balaban J connectivity index is 1.54. The molecule has 0 aliphatic heterocycles. The molecule has 1 N–H and O–H groups in total. The predicted molar refractivity (Wildman–Crippen MR) is 93.6 cm³/mol. The second kappa shape index (κ2) is 6.45. The average molecular weight is 331 g/mol. The van der Waals surface area contributed by atoms with E-state index in [2.05, 4.69) is 15.3 Å². The fourth-order valence-corrected chi connectivity index (χ4v) is 2.35. The molecule has 0 bridgehead atoms. The molecule has 0 saturated carbocycles. The number of hydrogen-bond donors (Lipinski definition) is 1. The lowest BCUT2D eigenvalue weighted by Crippen LogP contribution is -2.07. The van der Waals surface area contributed by atoms with Gasteiger partial charge in [0.2, 0.25) is 11.8 Å². The zero-order valence-corrected chi connectivity index (χ0v) is 13.0. The molecule has 25 heavy (non-hydrogen) atoms. The van der Waals surface area contributed by atoms with Crippen LogP contribution in [0.2, 0.25) is 0 Å². The summed E-state index contributed by atoms with van der Waals surface area (Å²) in [4.78, 5) is 20.4. The molecule has 0 aliphatic carbocycles. The third-order valence-corrected chi connectivity index (χ3v) is 3.53. The number of amides is 1. The summed E-state index contributed by atoms with van der Waals surface area (Å²) < 4.78 is 10.9. The van der Waals surface area contributed by atoms with Crippen molar-refractivity contribution >= 4 is 28.8 Å². The molecule has 6 heteroatoms. The maximum atomic E-state index is 12.0. The third-order valence-electron chi connectivity index (χ3n) is 3.53. The normalized spacial score (nSPS) is 11.2. The highest BCUT2D eigenvalue weighted by Gasteiger charge is 2.09. The van der Waals surface area contributed by atoms with Crippen molar-refractivity contribution in [3.8, 4) is 11.5 Å². The number of anilines is 1. The number of oxazole rings is 1. The van der Waals surface area contributed by atoms with Gasteiger partial charge in [-0.3, -0.25) is 9.78 Å². The van der Waals surface area contributed by atoms with E-state index in [1.54, 1.807) is 55.1 Å². The van der Waals surface area contributed by atoms with Gasteiger partial charge in [0, 0.05) is 35.8 Å². The number of nitrogens with zero attached hydrogens (tertiary/aromatic N) is 2. The van der Waals surface area contributed by atoms with E-state index in [1.807, 2.05) is 12.1 Å². The van der Waals surface area contributed by atoms with Crippen LogP contribution >= 0.6 is 0 Å². The minimum Gasteiger partial charge on any atom is -0.465 e. The van der Waals surface area contributed by atoms with Gasteiger partial charge in [-0.25, -0.2) is 4.98 Å². The first kappa shape index (κ1) is 14.9. The summed E-state index contributed by atoms with van der Waals surface area (Å²) in [5, 5.41) is 2.78. The van der Waals surface area contributed by atoms with E-state index >= 15 is 0 Å². The van der Waals surface area contributed by atoms with Crippen LogP contribution in [0.15, 0.2) is 76.0 Å². The maximum Gasteiger partial charge on any atom is 0.248 e. The van der Waals surface area contributed by atoms with Crippen LogP contribution in [0.1, 0.15) is 5.76 Å². The summed E-state index contributed by atoms with van der Waals surface area (Å²) in [7, 11) is 0. The summed E-state index contributed by atoms with van der Waals surface area (Å²) in [5.74, 6) is 0.867. The van der Waals surface area contributed by atoms with E-state index in [-0.39, 0.29) is 5.91 Å². The number of hydrogen-bond acceptors (Lipinski definition) is 5. The van der Waals surface area contributed by atoms with Crippen LogP contribution in [-0.4, -0.2) is 15.9 Å². The van der Waals surface area contributed by atoms with Crippen molar-refractivity contribution in [3.63, 3.8) is 0 Å². The Kier molecular flexibility index (Phi) is 3.84. The Labute approximate surface area is 142 Å². The van der Waals surface area contributed by atoms with Gasteiger partial charge in [-0.05, 0) is 42.5 Å². The molecular formula is C19H13N3O3. The summed E-state index contributed by atoms with van der Waals surface area (Å²) in [6.07, 6.45) is 7.92. The maximum absolute atomic E-state index is 12.0. The number of nitrogens with one attached hydrogen (secondary N) is 1. The van der Waals surface area contributed by atoms with E-state index in [4.69, 9.17) is 8.83 Å². The van der Waals surface area contributed by atoms with Gasteiger partial charge in [-0.1, -0.05) is 0 Å². The molecule has 0 unspecified atom stereocenters. The van der Waals surface area contributed by atoms with Gasteiger partial charge in [0.1, 0.15) is 11.3 Å². The highest BCUT2D eigenvalue weighted by molar-refractivity contribution is 6.02. The zero-order valence-electron chi connectivity index (χ0n) is 13.0. The van der Waals surface area contributed by atoms with Crippen LogP contribution in [0.3, 0.4) is 0 Å². The number of carbonyl (C=O) groups excluding carboxylic acids is 1. The molecule has 3 aromatic heterocycles. The van der Waals surface area contributed by atoms with E-state index < -0.39 is 0 Å². The second-order valence-electron chi connectivity index (χ2n) is 5.28. The molecule has 0 aliphatic rings. The SMILES string of the molecule is O=C(/C=C/c1ccco1)Nc1ccc2nc(-c3ccncc3)oc2c1. The Morgan fingerprint density at radius 1 is 1.12 bits per heavy atom. The van der Waals surface area contributed by atoms with Crippen LogP contribution < -0.4 is 5.32 Å². The molecule has 0 fully saturated rings.